The van der Waals surface area contributed by atoms with E-state index in [-0.39, 0.29) is 29.7 Å². The summed E-state index contributed by atoms with van der Waals surface area (Å²) in [5.41, 5.74) is 1.56. The Morgan fingerprint density at radius 3 is 2.31 bits per heavy atom. The molecule has 138 valence electrons. The first-order valence-electron chi connectivity index (χ1n) is 8.23. The van der Waals surface area contributed by atoms with Crippen molar-refractivity contribution in [2.45, 2.75) is 11.8 Å². The Morgan fingerprint density at radius 2 is 1.77 bits per heavy atom. The Hall–Kier alpha value is -2.58. The number of amides is 1. The molecule has 0 aliphatic carbocycles. The van der Waals surface area contributed by atoms with Crippen LogP contribution in [0, 0.1) is 0 Å². The summed E-state index contributed by atoms with van der Waals surface area (Å²) >= 11 is 0. The van der Waals surface area contributed by atoms with E-state index in [1.165, 1.54) is 10.6 Å². The van der Waals surface area contributed by atoms with Crippen LogP contribution in [0.25, 0.3) is 0 Å². The second kappa shape index (κ2) is 7.35. The lowest BCUT2D eigenvalue weighted by molar-refractivity contribution is 0.0666. The van der Waals surface area contributed by atoms with Crippen molar-refractivity contribution >= 4 is 21.6 Å². The normalized spacial score (nSPS) is 15.7. The van der Waals surface area contributed by atoms with Crippen molar-refractivity contribution < 1.29 is 17.6 Å². The number of allylic oxidation sites excluding steroid dienone is 1. The minimum atomic E-state index is -3.59. The van der Waals surface area contributed by atoms with Gasteiger partial charge in [0.1, 0.15) is 0 Å². The van der Waals surface area contributed by atoms with Crippen molar-refractivity contribution in [1.29, 1.82) is 0 Å². The number of anilines is 1. The molecule has 0 spiro atoms. The van der Waals surface area contributed by atoms with Gasteiger partial charge >= 0.3 is 0 Å². The zero-order chi connectivity index (χ0) is 18.7. The van der Waals surface area contributed by atoms with Crippen LogP contribution in [0.4, 0.5) is 5.69 Å². The number of rotatable bonds is 5. The molecule has 0 unspecified atom stereocenters. The monoisotopic (exact) mass is 375 g/mol. The van der Waals surface area contributed by atoms with E-state index in [9.17, 15) is 13.2 Å². The minimum absolute atomic E-state index is 0.220. The quantitative estimate of drug-likeness (QED) is 0.868. The summed E-state index contributed by atoms with van der Waals surface area (Å²) in [6.45, 7) is 6.74. The summed E-state index contributed by atoms with van der Waals surface area (Å²) in [5, 5.41) is 3.04. The highest BCUT2D eigenvalue weighted by Crippen LogP contribution is 2.21. The van der Waals surface area contributed by atoms with Crippen LogP contribution < -0.4 is 5.32 Å². The van der Waals surface area contributed by atoms with Crippen molar-refractivity contribution in [3.63, 3.8) is 0 Å². The average molecular weight is 375 g/mol. The second-order valence-corrected chi connectivity index (χ2v) is 8.04. The van der Waals surface area contributed by atoms with Crippen molar-refractivity contribution in [3.8, 4) is 0 Å². The maximum Gasteiger partial charge on any atom is 0.289 e. The number of nitrogens with one attached hydrogen (secondary N) is 1. The summed E-state index contributed by atoms with van der Waals surface area (Å²) in [5.74, 6) is 0.0455. The largest absolute Gasteiger partial charge is 0.459 e. The summed E-state index contributed by atoms with van der Waals surface area (Å²) in [4.78, 5) is 14.1. The third-order valence-corrected chi connectivity index (χ3v) is 6.02. The molecule has 0 saturated carbocycles. The molecule has 2 aromatic rings. The molecule has 3 rings (SSSR count). The minimum Gasteiger partial charge on any atom is -0.459 e. The van der Waals surface area contributed by atoms with Gasteiger partial charge in [-0.3, -0.25) is 4.79 Å². The molecule has 1 amide bonds. The number of sulfonamides is 1. The molecule has 7 nitrogen and oxygen atoms in total. The maximum atomic E-state index is 12.8. The first-order chi connectivity index (χ1) is 12.4. The van der Waals surface area contributed by atoms with Crippen molar-refractivity contribution in [1.82, 2.24) is 9.21 Å². The molecule has 0 bridgehead atoms. The summed E-state index contributed by atoms with van der Waals surface area (Å²) < 4.78 is 32.1. The summed E-state index contributed by atoms with van der Waals surface area (Å²) in [6.07, 6.45) is 1.44. The lowest BCUT2D eigenvalue weighted by Crippen LogP contribution is -2.50. The fourth-order valence-corrected chi connectivity index (χ4v) is 4.22. The molecule has 1 aliphatic rings. The average Bonchev–Trinajstić information content (AvgIpc) is 3.16. The molecule has 1 aromatic carbocycles. The Bertz CT molecular complexity index is 881. The van der Waals surface area contributed by atoms with Gasteiger partial charge in [0.05, 0.1) is 11.2 Å². The molecular formula is C18H21N3O4S. The van der Waals surface area contributed by atoms with Gasteiger partial charge in [0, 0.05) is 37.6 Å². The third-order valence-electron chi connectivity index (χ3n) is 4.11. The van der Waals surface area contributed by atoms with Crippen LogP contribution in [0.3, 0.4) is 0 Å². The smallest absolute Gasteiger partial charge is 0.289 e. The van der Waals surface area contributed by atoms with Gasteiger partial charge in [-0.2, -0.15) is 4.31 Å². The highest BCUT2D eigenvalue weighted by molar-refractivity contribution is 7.89. The van der Waals surface area contributed by atoms with Crippen LogP contribution in [0.5, 0.6) is 0 Å². The molecule has 1 N–H and O–H groups in total. The van der Waals surface area contributed by atoms with E-state index in [4.69, 9.17) is 4.42 Å². The van der Waals surface area contributed by atoms with Crippen LogP contribution in [-0.2, 0) is 10.0 Å². The summed E-state index contributed by atoms with van der Waals surface area (Å²) in [7, 11) is -3.59. The van der Waals surface area contributed by atoms with Crippen molar-refractivity contribution in [3.05, 3.63) is 60.7 Å². The molecule has 1 aliphatic heterocycles. The van der Waals surface area contributed by atoms with Gasteiger partial charge < -0.3 is 14.6 Å². The van der Waals surface area contributed by atoms with E-state index in [0.717, 1.165) is 11.4 Å². The van der Waals surface area contributed by atoms with E-state index in [1.54, 1.807) is 41.3 Å². The van der Waals surface area contributed by atoms with Crippen LogP contribution in [0.15, 0.2) is 64.2 Å². The van der Waals surface area contributed by atoms with Gasteiger partial charge in [-0.1, -0.05) is 6.58 Å². The number of furan rings is 1. The topological polar surface area (TPSA) is 82.9 Å². The Labute approximate surface area is 152 Å². The lowest BCUT2D eigenvalue weighted by atomic mass is 10.3. The molecule has 8 heteroatoms. The fourth-order valence-electron chi connectivity index (χ4n) is 2.79. The number of hydrogen-bond acceptors (Lipinski definition) is 5. The first kappa shape index (κ1) is 18.2. The predicted octanol–water partition coefficient (Wildman–Crippen LogP) is 2.37. The maximum absolute atomic E-state index is 12.8. The van der Waals surface area contributed by atoms with Crippen LogP contribution in [0.1, 0.15) is 17.5 Å². The highest BCUT2D eigenvalue weighted by Gasteiger charge is 2.31. The molecule has 1 aromatic heterocycles. The van der Waals surface area contributed by atoms with Gasteiger partial charge in [-0.05, 0) is 43.3 Å². The molecule has 26 heavy (non-hydrogen) atoms. The summed E-state index contributed by atoms with van der Waals surface area (Å²) in [6, 6.07) is 9.81. The third kappa shape index (κ3) is 3.81. The number of carbonyl (C=O) groups is 1. The van der Waals surface area contributed by atoms with E-state index in [1.807, 2.05) is 6.92 Å². The van der Waals surface area contributed by atoms with Gasteiger partial charge in [0.15, 0.2) is 5.76 Å². The molecule has 0 atom stereocenters. The van der Waals surface area contributed by atoms with Crippen molar-refractivity contribution in [2.75, 3.05) is 31.5 Å². The number of piperazine rings is 1. The van der Waals surface area contributed by atoms with E-state index in [2.05, 4.69) is 11.9 Å². The molecular weight excluding hydrogens is 354 g/mol. The van der Waals surface area contributed by atoms with Crippen LogP contribution in [-0.4, -0.2) is 49.7 Å². The van der Waals surface area contributed by atoms with Crippen LogP contribution in [0.2, 0.25) is 0 Å². The van der Waals surface area contributed by atoms with Gasteiger partial charge in [-0.25, -0.2) is 8.42 Å². The fraction of sp³-hybridized carbons (Fsp3) is 0.278. The predicted molar refractivity (Wildman–Crippen MR) is 98.2 cm³/mol. The number of nitrogens with zero attached hydrogens (tertiary/aromatic N) is 2. The van der Waals surface area contributed by atoms with Gasteiger partial charge in [0.25, 0.3) is 5.91 Å². The Morgan fingerprint density at radius 1 is 1.12 bits per heavy atom. The lowest BCUT2D eigenvalue weighted by Gasteiger charge is -2.33. The zero-order valence-corrected chi connectivity index (χ0v) is 15.3. The zero-order valence-electron chi connectivity index (χ0n) is 14.5. The molecule has 2 heterocycles. The second-order valence-electron chi connectivity index (χ2n) is 6.10. The molecule has 1 saturated heterocycles. The Balaban J connectivity index is 1.66. The van der Waals surface area contributed by atoms with Crippen molar-refractivity contribution in [2.24, 2.45) is 0 Å². The van der Waals surface area contributed by atoms with E-state index in [0.29, 0.717) is 13.1 Å². The van der Waals surface area contributed by atoms with E-state index < -0.39 is 10.0 Å². The Kier molecular flexibility index (Phi) is 5.15. The SMILES string of the molecule is C=C(C)Nc1ccc(S(=O)(=O)N2CCN(C(=O)c3ccco3)CC2)cc1. The number of benzene rings is 1. The molecule has 0 radical (unpaired) electrons. The molecule has 1 fully saturated rings. The van der Waals surface area contributed by atoms with Gasteiger partial charge in [0.2, 0.25) is 10.0 Å². The van der Waals surface area contributed by atoms with E-state index >= 15 is 0 Å². The van der Waals surface area contributed by atoms with Crippen LogP contribution >= 0.6 is 0 Å². The number of carbonyl (C=O) groups excluding carboxylic acids is 1. The first-order valence-corrected chi connectivity index (χ1v) is 9.67. The highest BCUT2D eigenvalue weighted by atomic mass is 32.2. The number of hydrogen-bond donors (Lipinski definition) is 1. The standard InChI is InChI=1S/C18H21N3O4S/c1-14(2)19-15-5-7-16(8-6-15)26(23,24)21-11-9-20(10-12-21)18(22)17-4-3-13-25-17/h3-8,13,19H,1,9-12H2,2H3. The van der Waals surface area contributed by atoms with Gasteiger partial charge in [-0.15, -0.1) is 0 Å².